The second-order valence-electron chi connectivity index (χ2n) is 7.04. The molecule has 1 aliphatic rings. The molecule has 0 aromatic heterocycles. The Kier molecular flexibility index (Phi) is 5.95. The van der Waals surface area contributed by atoms with Gasteiger partial charge in [-0.25, -0.2) is 8.42 Å². The summed E-state index contributed by atoms with van der Waals surface area (Å²) in [5.41, 5.74) is 1.11. The van der Waals surface area contributed by atoms with Crippen LogP contribution in [0, 0.1) is 5.92 Å². The zero-order valence-electron chi connectivity index (χ0n) is 15.4. The van der Waals surface area contributed by atoms with E-state index in [1.165, 1.54) is 0 Å². The molecule has 0 unspecified atom stereocenters. The van der Waals surface area contributed by atoms with Gasteiger partial charge in [0.1, 0.15) is 11.9 Å². The minimum absolute atomic E-state index is 0.0151. The summed E-state index contributed by atoms with van der Waals surface area (Å²) < 4.78 is 31.6. The lowest BCUT2D eigenvalue weighted by atomic mass is 10.0. The van der Waals surface area contributed by atoms with Crippen LogP contribution in [-0.2, 0) is 21.2 Å². The Morgan fingerprint density at radius 3 is 2.64 bits per heavy atom. The molecule has 140 valence electrons. The van der Waals surface area contributed by atoms with E-state index in [1.807, 2.05) is 14.1 Å². The molecule has 25 heavy (non-hydrogen) atoms. The molecule has 0 spiro atoms. The van der Waals surface area contributed by atoms with Crippen molar-refractivity contribution in [1.82, 2.24) is 9.80 Å². The lowest BCUT2D eigenvalue weighted by Crippen LogP contribution is -2.41. The van der Waals surface area contributed by atoms with Crippen molar-refractivity contribution in [2.45, 2.75) is 19.4 Å². The monoisotopic (exact) mass is 369 g/mol. The van der Waals surface area contributed by atoms with Crippen molar-refractivity contribution in [2.75, 3.05) is 45.2 Å². The molecule has 8 heteroatoms. The average molecular weight is 369 g/mol. The van der Waals surface area contributed by atoms with Crippen LogP contribution in [-0.4, -0.2) is 70.7 Å². The summed E-state index contributed by atoms with van der Waals surface area (Å²) >= 11 is 0. The standard InChI is InChI=1S/C17H27N3O4S/c1-12-10-20(4)17(21)9-13-8-14(18-25(5,22)23)6-7-15(13)24-16(12)11-19(2)3/h6-8,12,16,18H,9-11H2,1-5H3/t12-,16-/m1/s1. The number of ether oxygens (including phenoxy) is 1. The van der Waals surface area contributed by atoms with Crippen LogP contribution in [0.5, 0.6) is 5.75 Å². The van der Waals surface area contributed by atoms with Crippen LogP contribution in [0.1, 0.15) is 12.5 Å². The number of anilines is 1. The molecule has 1 aliphatic heterocycles. The van der Waals surface area contributed by atoms with Crippen LogP contribution in [0.4, 0.5) is 5.69 Å². The molecule has 7 nitrogen and oxygen atoms in total. The molecule has 2 atom stereocenters. The number of rotatable bonds is 4. The summed E-state index contributed by atoms with van der Waals surface area (Å²) in [6, 6.07) is 5.06. The maximum absolute atomic E-state index is 12.5. The molecule has 1 N–H and O–H groups in total. The fourth-order valence-electron chi connectivity index (χ4n) is 2.92. The maximum Gasteiger partial charge on any atom is 0.229 e. The van der Waals surface area contributed by atoms with E-state index >= 15 is 0 Å². The first-order chi connectivity index (χ1) is 11.5. The average Bonchev–Trinajstić information content (AvgIpc) is 2.49. The maximum atomic E-state index is 12.5. The zero-order chi connectivity index (χ0) is 18.8. The summed E-state index contributed by atoms with van der Waals surface area (Å²) in [4.78, 5) is 16.2. The van der Waals surface area contributed by atoms with Crippen molar-refractivity contribution < 1.29 is 17.9 Å². The van der Waals surface area contributed by atoms with Crippen LogP contribution in [0.3, 0.4) is 0 Å². The molecule has 1 amide bonds. The van der Waals surface area contributed by atoms with Gasteiger partial charge in [-0.05, 0) is 32.3 Å². The van der Waals surface area contributed by atoms with E-state index in [2.05, 4.69) is 16.5 Å². The van der Waals surface area contributed by atoms with Gasteiger partial charge in [0.05, 0.1) is 12.7 Å². The molecule has 2 rings (SSSR count). The molecular formula is C17H27N3O4S. The van der Waals surface area contributed by atoms with E-state index in [-0.39, 0.29) is 24.3 Å². The highest BCUT2D eigenvalue weighted by Gasteiger charge is 2.27. The number of benzene rings is 1. The molecule has 0 radical (unpaired) electrons. The number of likely N-dealkylation sites (N-methyl/N-ethyl adjacent to an activating group) is 2. The van der Waals surface area contributed by atoms with Crippen LogP contribution in [0.15, 0.2) is 18.2 Å². The van der Waals surface area contributed by atoms with Gasteiger partial charge >= 0.3 is 0 Å². The van der Waals surface area contributed by atoms with E-state index in [1.54, 1.807) is 30.1 Å². The van der Waals surface area contributed by atoms with Gasteiger partial charge in [-0.1, -0.05) is 6.92 Å². The van der Waals surface area contributed by atoms with E-state index in [0.29, 0.717) is 23.5 Å². The Labute approximate surface area is 150 Å². The number of amides is 1. The molecule has 0 fully saturated rings. The summed E-state index contributed by atoms with van der Waals surface area (Å²) in [6.07, 6.45) is 1.20. The molecule has 0 bridgehead atoms. The summed E-state index contributed by atoms with van der Waals surface area (Å²) in [6.45, 7) is 3.41. The molecule has 1 heterocycles. The molecule has 1 aromatic carbocycles. The van der Waals surface area contributed by atoms with E-state index in [4.69, 9.17) is 4.74 Å². The van der Waals surface area contributed by atoms with Crippen molar-refractivity contribution >= 4 is 21.6 Å². The van der Waals surface area contributed by atoms with Crippen molar-refractivity contribution in [1.29, 1.82) is 0 Å². The van der Waals surface area contributed by atoms with Gasteiger partial charge in [-0.15, -0.1) is 0 Å². The number of nitrogens with one attached hydrogen (secondary N) is 1. The van der Waals surface area contributed by atoms with Crippen LogP contribution < -0.4 is 9.46 Å². The third-order valence-corrected chi connectivity index (χ3v) is 4.76. The third kappa shape index (κ3) is 5.61. The molecule has 0 saturated heterocycles. The quantitative estimate of drug-likeness (QED) is 0.857. The zero-order valence-corrected chi connectivity index (χ0v) is 16.3. The first-order valence-electron chi connectivity index (χ1n) is 8.21. The number of nitrogens with zero attached hydrogens (tertiary/aromatic N) is 2. The lowest BCUT2D eigenvalue weighted by molar-refractivity contribution is -0.129. The Morgan fingerprint density at radius 2 is 2.04 bits per heavy atom. The largest absolute Gasteiger partial charge is 0.488 e. The Morgan fingerprint density at radius 1 is 1.36 bits per heavy atom. The number of hydrogen-bond acceptors (Lipinski definition) is 5. The molecule has 1 aromatic rings. The SMILES string of the molecule is C[C@@H]1CN(C)C(=O)Cc2cc(NS(C)(=O)=O)ccc2O[C@@H]1CN(C)C. The number of hydrogen-bond donors (Lipinski definition) is 1. The van der Waals surface area contributed by atoms with Gasteiger partial charge in [0.2, 0.25) is 15.9 Å². The predicted octanol–water partition coefficient (Wildman–Crippen LogP) is 1.02. The number of carbonyl (C=O) groups is 1. The fraction of sp³-hybridized carbons (Fsp3) is 0.588. The second-order valence-corrected chi connectivity index (χ2v) is 8.79. The highest BCUT2D eigenvalue weighted by molar-refractivity contribution is 7.92. The number of carbonyl (C=O) groups excluding carboxylic acids is 1. The predicted molar refractivity (Wildman–Crippen MR) is 98.4 cm³/mol. The third-order valence-electron chi connectivity index (χ3n) is 4.15. The van der Waals surface area contributed by atoms with Crippen LogP contribution in [0.25, 0.3) is 0 Å². The van der Waals surface area contributed by atoms with Gasteiger partial charge in [0, 0.05) is 37.3 Å². The van der Waals surface area contributed by atoms with E-state index in [9.17, 15) is 13.2 Å². The van der Waals surface area contributed by atoms with Crippen molar-refractivity contribution in [3.8, 4) is 5.75 Å². The smallest absolute Gasteiger partial charge is 0.229 e. The molecule has 0 aliphatic carbocycles. The van der Waals surface area contributed by atoms with Gasteiger partial charge < -0.3 is 14.5 Å². The van der Waals surface area contributed by atoms with Gasteiger partial charge in [-0.3, -0.25) is 9.52 Å². The number of sulfonamides is 1. The fourth-order valence-corrected chi connectivity index (χ4v) is 3.47. The Balaban J connectivity index is 2.40. The van der Waals surface area contributed by atoms with Crippen LogP contribution in [0.2, 0.25) is 0 Å². The van der Waals surface area contributed by atoms with Crippen molar-refractivity contribution in [3.05, 3.63) is 23.8 Å². The van der Waals surface area contributed by atoms with Crippen molar-refractivity contribution in [3.63, 3.8) is 0 Å². The van der Waals surface area contributed by atoms with E-state index < -0.39 is 10.0 Å². The highest BCUT2D eigenvalue weighted by Crippen LogP contribution is 2.28. The highest BCUT2D eigenvalue weighted by atomic mass is 32.2. The van der Waals surface area contributed by atoms with Gasteiger partial charge in [0.25, 0.3) is 0 Å². The Bertz CT molecular complexity index is 733. The normalized spacial score (nSPS) is 21.8. The first-order valence-corrected chi connectivity index (χ1v) is 10.1. The summed E-state index contributed by atoms with van der Waals surface area (Å²) in [5, 5.41) is 0. The van der Waals surface area contributed by atoms with E-state index in [0.717, 1.165) is 12.8 Å². The minimum atomic E-state index is -3.38. The second kappa shape index (κ2) is 7.61. The summed E-state index contributed by atoms with van der Waals surface area (Å²) in [5.74, 6) is 0.774. The summed E-state index contributed by atoms with van der Waals surface area (Å²) in [7, 11) is 2.37. The first kappa shape index (κ1) is 19.5. The molecular weight excluding hydrogens is 342 g/mol. The minimum Gasteiger partial charge on any atom is -0.488 e. The van der Waals surface area contributed by atoms with Crippen molar-refractivity contribution in [2.24, 2.45) is 5.92 Å². The van der Waals surface area contributed by atoms with Gasteiger partial charge in [0.15, 0.2) is 0 Å². The van der Waals surface area contributed by atoms with Gasteiger partial charge in [-0.2, -0.15) is 0 Å². The molecule has 0 saturated carbocycles. The Hall–Kier alpha value is -1.80. The van der Waals surface area contributed by atoms with Crippen LogP contribution >= 0.6 is 0 Å². The number of fused-ring (bicyclic) bond motifs is 1. The topological polar surface area (TPSA) is 79.0 Å². The lowest BCUT2D eigenvalue weighted by Gasteiger charge is -2.29.